The summed E-state index contributed by atoms with van der Waals surface area (Å²) in [5, 5.41) is -0.241. The number of carbonyl (C=O) groups excluding carboxylic acids is 2. The molecule has 0 bridgehead atoms. The zero-order valence-electron chi connectivity index (χ0n) is 8.18. The molecule has 0 aliphatic heterocycles. The molecule has 0 aliphatic rings. The molecule has 18 heavy (non-hydrogen) atoms. The molecule has 0 heterocycles. The number of nitrogens with zero attached hydrogens (tertiary/aromatic N) is 2. The Labute approximate surface area is 126 Å². The average Bonchev–Trinajstić information content (AvgIpc) is 2.23. The molecule has 0 atom stereocenters. The Bertz CT molecular complexity index is 584. The molecule has 0 amide bonds. The van der Waals surface area contributed by atoms with Crippen molar-refractivity contribution in [2.24, 2.45) is 9.98 Å². The number of hydrogen-bond donors (Lipinski definition) is 0. The van der Waals surface area contributed by atoms with Crippen molar-refractivity contribution in [3.05, 3.63) is 21.7 Å². The highest BCUT2D eigenvalue weighted by atomic mass is 35.6. The summed E-state index contributed by atoms with van der Waals surface area (Å²) in [6.07, 6.45) is 2.52. The van der Waals surface area contributed by atoms with Crippen LogP contribution in [-0.4, -0.2) is 12.2 Å². The first-order valence-corrected chi connectivity index (χ1v) is 5.96. The van der Waals surface area contributed by atoms with Gasteiger partial charge in [-0.1, -0.05) is 58.0 Å². The summed E-state index contributed by atoms with van der Waals surface area (Å²) in [4.78, 5) is 27.2. The fourth-order valence-corrected chi connectivity index (χ4v) is 2.44. The normalized spacial score (nSPS) is 10.5. The lowest BCUT2D eigenvalue weighted by molar-refractivity contribution is 0.565. The quantitative estimate of drug-likeness (QED) is 0.440. The van der Waals surface area contributed by atoms with Crippen LogP contribution < -0.4 is 0 Å². The third-order valence-corrected chi connectivity index (χ3v) is 3.02. The van der Waals surface area contributed by atoms with E-state index in [2.05, 4.69) is 9.98 Å². The Morgan fingerprint density at radius 3 is 2.06 bits per heavy atom. The number of halogens is 5. The fourth-order valence-electron chi connectivity index (χ4n) is 1.15. The van der Waals surface area contributed by atoms with E-state index in [1.807, 2.05) is 0 Å². The van der Waals surface area contributed by atoms with Crippen LogP contribution >= 0.6 is 58.0 Å². The monoisotopic (exact) mass is 344 g/mol. The van der Waals surface area contributed by atoms with Crippen molar-refractivity contribution in [3.8, 4) is 0 Å². The highest BCUT2D eigenvalue weighted by Crippen LogP contribution is 2.51. The largest absolute Gasteiger partial charge is 0.240 e. The van der Waals surface area contributed by atoms with Crippen LogP contribution in [0, 0.1) is 0 Å². The molecular formula is C9HCl5N2O2. The van der Waals surface area contributed by atoms with Crippen molar-refractivity contribution < 1.29 is 9.59 Å². The maximum atomic E-state index is 10.4. The van der Waals surface area contributed by atoms with Crippen molar-refractivity contribution in [1.29, 1.82) is 0 Å². The molecule has 0 radical (unpaired) electrons. The summed E-state index contributed by atoms with van der Waals surface area (Å²) >= 11 is 28.8. The molecule has 0 aromatic heterocycles. The highest BCUT2D eigenvalue weighted by molar-refractivity contribution is 6.67. The second kappa shape index (κ2) is 6.05. The van der Waals surface area contributed by atoms with E-state index in [9.17, 15) is 9.59 Å². The van der Waals surface area contributed by atoms with Gasteiger partial charge in [0.1, 0.15) is 5.69 Å². The first-order chi connectivity index (χ1) is 8.32. The van der Waals surface area contributed by atoms with Crippen molar-refractivity contribution in [2.75, 3.05) is 0 Å². The second-order valence-electron chi connectivity index (χ2n) is 2.82. The SMILES string of the molecule is O=C=Nc1cc(Cl)c(C(Cl)(Cl)Cl)c(N=C=O)c1Cl. The van der Waals surface area contributed by atoms with Crippen LogP contribution in [0.15, 0.2) is 16.1 Å². The van der Waals surface area contributed by atoms with Crippen molar-refractivity contribution in [3.63, 3.8) is 0 Å². The van der Waals surface area contributed by atoms with Gasteiger partial charge in [0.05, 0.1) is 15.7 Å². The fraction of sp³-hybridized carbons (Fsp3) is 0.111. The van der Waals surface area contributed by atoms with E-state index >= 15 is 0 Å². The molecular weight excluding hydrogens is 345 g/mol. The zero-order valence-corrected chi connectivity index (χ0v) is 12.0. The van der Waals surface area contributed by atoms with Gasteiger partial charge < -0.3 is 0 Å². The van der Waals surface area contributed by atoms with Gasteiger partial charge in [-0.05, 0) is 6.07 Å². The van der Waals surface area contributed by atoms with E-state index in [1.165, 1.54) is 18.2 Å². The molecule has 1 rings (SSSR count). The number of isocyanates is 2. The standard InChI is InChI=1S/C9HCl5N2O2/c10-4-1-5(15-2-17)7(11)8(16-3-18)6(4)9(12,13)14/h1H. The molecule has 94 valence electrons. The predicted molar refractivity (Wildman–Crippen MR) is 71.3 cm³/mol. The Balaban J connectivity index is 3.79. The number of benzene rings is 1. The first-order valence-electron chi connectivity index (χ1n) is 4.07. The van der Waals surface area contributed by atoms with Gasteiger partial charge in [0.15, 0.2) is 0 Å². The lowest BCUT2D eigenvalue weighted by Crippen LogP contribution is -2.02. The van der Waals surface area contributed by atoms with Crippen molar-refractivity contribution >= 4 is 81.5 Å². The highest BCUT2D eigenvalue weighted by Gasteiger charge is 2.32. The second-order valence-corrected chi connectivity index (χ2v) is 5.89. The number of rotatable bonds is 2. The molecule has 1 aromatic rings. The van der Waals surface area contributed by atoms with Crippen LogP contribution in [0.2, 0.25) is 10.0 Å². The Hall–Kier alpha value is -0.570. The number of aliphatic imine (C=N–C) groups is 2. The summed E-state index contributed by atoms with van der Waals surface area (Å²) in [7, 11) is 0. The number of alkyl halides is 3. The average molecular weight is 346 g/mol. The molecule has 0 aliphatic carbocycles. The third kappa shape index (κ3) is 3.25. The molecule has 0 fully saturated rings. The summed E-state index contributed by atoms with van der Waals surface area (Å²) in [5.74, 6) is 0. The minimum Gasteiger partial charge on any atom is -0.211 e. The molecule has 9 heteroatoms. The molecule has 0 saturated carbocycles. The van der Waals surface area contributed by atoms with Crippen LogP contribution in [0.25, 0.3) is 0 Å². The van der Waals surface area contributed by atoms with Crippen LogP contribution in [0.3, 0.4) is 0 Å². The van der Waals surface area contributed by atoms with Gasteiger partial charge in [0, 0.05) is 5.56 Å². The van der Waals surface area contributed by atoms with Gasteiger partial charge in [-0.2, -0.15) is 9.98 Å². The van der Waals surface area contributed by atoms with Crippen LogP contribution in [-0.2, 0) is 13.4 Å². The summed E-state index contributed by atoms with van der Waals surface area (Å²) in [6, 6.07) is 1.19. The number of hydrogen-bond acceptors (Lipinski definition) is 4. The van der Waals surface area contributed by atoms with E-state index < -0.39 is 3.79 Å². The van der Waals surface area contributed by atoms with Crippen molar-refractivity contribution in [1.82, 2.24) is 0 Å². The van der Waals surface area contributed by atoms with Gasteiger partial charge >= 0.3 is 0 Å². The van der Waals surface area contributed by atoms with Crippen LogP contribution in [0.4, 0.5) is 11.4 Å². The maximum Gasteiger partial charge on any atom is 0.240 e. The molecule has 0 spiro atoms. The minimum absolute atomic E-state index is 0.0522. The summed E-state index contributed by atoms with van der Waals surface area (Å²) in [5.41, 5.74) is -0.371. The Morgan fingerprint density at radius 1 is 1.06 bits per heavy atom. The van der Waals surface area contributed by atoms with Gasteiger partial charge in [-0.3, -0.25) is 0 Å². The first kappa shape index (κ1) is 15.5. The summed E-state index contributed by atoms with van der Waals surface area (Å²) in [6.45, 7) is 0. The van der Waals surface area contributed by atoms with Gasteiger partial charge in [-0.25, -0.2) is 9.59 Å². The third-order valence-electron chi connectivity index (χ3n) is 1.78. The van der Waals surface area contributed by atoms with Gasteiger partial charge in [0.25, 0.3) is 0 Å². The Morgan fingerprint density at radius 2 is 1.61 bits per heavy atom. The predicted octanol–water partition coefficient (Wildman–Crippen LogP) is 4.75. The van der Waals surface area contributed by atoms with E-state index in [1.54, 1.807) is 0 Å². The van der Waals surface area contributed by atoms with E-state index in [4.69, 9.17) is 58.0 Å². The molecule has 0 saturated heterocycles. The van der Waals surface area contributed by atoms with E-state index in [0.717, 1.165) is 0 Å². The molecule has 0 N–H and O–H groups in total. The molecule has 0 unspecified atom stereocenters. The maximum absolute atomic E-state index is 10.4. The van der Waals surface area contributed by atoms with E-state index in [-0.39, 0.29) is 27.0 Å². The zero-order chi connectivity index (χ0) is 13.9. The van der Waals surface area contributed by atoms with Crippen LogP contribution in [0.5, 0.6) is 0 Å². The lowest BCUT2D eigenvalue weighted by atomic mass is 10.1. The van der Waals surface area contributed by atoms with Crippen molar-refractivity contribution in [2.45, 2.75) is 3.79 Å². The summed E-state index contributed by atoms with van der Waals surface area (Å²) < 4.78 is -1.96. The topological polar surface area (TPSA) is 58.9 Å². The minimum atomic E-state index is -1.96. The van der Waals surface area contributed by atoms with Gasteiger partial charge in [-0.15, -0.1) is 0 Å². The Kier molecular flexibility index (Phi) is 5.20. The molecule has 4 nitrogen and oxygen atoms in total. The lowest BCUT2D eigenvalue weighted by Gasteiger charge is -2.16. The van der Waals surface area contributed by atoms with Gasteiger partial charge in [0.2, 0.25) is 16.0 Å². The van der Waals surface area contributed by atoms with Crippen LogP contribution in [0.1, 0.15) is 5.56 Å². The smallest absolute Gasteiger partial charge is 0.211 e. The van der Waals surface area contributed by atoms with E-state index in [0.29, 0.717) is 0 Å². The molecule has 1 aromatic carbocycles.